The summed E-state index contributed by atoms with van der Waals surface area (Å²) in [6, 6.07) is 17.4. The molecule has 52 heavy (non-hydrogen) atoms. The number of halogens is 2. The fraction of sp³-hybridized carbons (Fsp3) is 0.190. The van der Waals surface area contributed by atoms with Crippen LogP contribution in [0.3, 0.4) is 0 Å². The number of fused-ring (bicyclic) bond motifs is 2. The van der Waals surface area contributed by atoms with Crippen molar-refractivity contribution >= 4 is 68.4 Å². The van der Waals surface area contributed by atoms with Crippen LogP contribution in [0.2, 0.25) is 10.0 Å². The minimum atomic E-state index is -0.698. The molecule has 8 nitrogen and oxygen atoms in total. The van der Waals surface area contributed by atoms with Crippen LogP contribution in [-0.4, -0.2) is 32.0 Å². The third-order valence-electron chi connectivity index (χ3n) is 9.44. The van der Waals surface area contributed by atoms with Crippen molar-refractivity contribution in [3.63, 3.8) is 0 Å². The molecule has 0 radical (unpaired) electrons. The second-order valence-electron chi connectivity index (χ2n) is 13.5. The summed E-state index contributed by atoms with van der Waals surface area (Å²) in [6.45, 7) is 10.9. The number of hydrogen-bond acceptors (Lipinski definition) is 8. The van der Waals surface area contributed by atoms with E-state index >= 15 is 0 Å². The number of aliphatic hydroxyl groups excluding tert-OH is 2. The van der Waals surface area contributed by atoms with Crippen molar-refractivity contribution in [3.8, 4) is 22.6 Å². The standard InChI is InChI=1S/C42H38Cl2N2O6/c1-19(2)31-23-15-21(5)33(39(49)35(23)25(37(47)41(31)51)17-45-29-13-9-7-11-27(29)43)34-22(6)16-24-32(20(3)4)42(52)38(48)26(36(24)40(34)50)18-46-30-14-10-8-12-28(30)44/h7-20,45-46,49-52H,1-6H3. The van der Waals surface area contributed by atoms with Gasteiger partial charge in [-0.3, -0.25) is 9.59 Å². The van der Waals surface area contributed by atoms with E-state index in [1.807, 2.05) is 27.7 Å². The molecule has 6 rings (SSSR count). The smallest absolute Gasteiger partial charge is 0.229 e. The number of phenols is 2. The minimum Gasteiger partial charge on any atom is -0.507 e. The Balaban J connectivity index is 1.64. The highest BCUT2D eigenvalue weighted by atomic mass is 35.5. The maximum atomic E-state index is 13.8. The second-order valence-corrected chi connectivity index (χ2v) is 14.4. The molecule has 6 N–H and O–H groups in total. The van der Waals surface area contributed by atoms with Crippen LogP contribution in [0.4, 0.5) is 11.4 Å². The summed E-state index contributed by atoms with van der Waals surface area (Å²) in [7, 11) is 0. The number of phenolic OH excluding ortho intramolecular Hbond substituents is 2. The van der Waals surface area contributed by atoms with Crippen LogP contribution in [0.5, 0.6) is 11.5 Å². The third-order valence-corrected chi connectivity index (χ3v) is 10.1. The first-order valence-corrected chi connectivity index (χ1v) is 17.5. The lowest BCUT2D eigenvalue weighted by molar-refractivity contribution is -0.113. The fourth-order valence-electron chi connectivity index (χ4n) is 7.08. The molecule has 0 aliphatic heterocycles. The molecule has 0 amide bonds. The summed E-state index contributed by atoms with van der Waals surface area (Å²) in [6.07, 6.45) is 2.80. The van der Waals surface area contributed by atoms with Gasteiger partial charge in [0.05, 0.1) is 32.6 Å². The molecule has 0 spiro atoms. The lowest BCUT2D eigenvalue weighted by Gasteiger charge is -2.29. The van der Waals surface area contributed by atoms with Gasteiger partial charge in [0, 0.05) is 45.8 Å². The van der Waals surface area contributed by atoms with Gasteiger partial charge in [-0.2, -0.15) is 0 Å². The van der Waals surface area contributed by atoms with E-state index in [1.165, 1.54) is 12.4 Å². The lowest BCUT2D eigenvalue weighted by Crippen LogP contribution is -2.20. The quantitative estimate of drug-likeness (QED) is 0.103. The summed E-state index contributed by atoms with van der Waals surface area (Å²) in [5.74, 6) is -3.44. The van der Waals surface area contributed by atoms with Gasteiger partial charge in [0.1, 0.15) is 11.5 Å². The van der Waals surface area contributed by atoms with E-state index in [-0.39, 0.29) is 56.7 Å². The molecule has 0 fully saturated rings. The zero-order valence-electron chi connectivity index (χ0n) is 29.4. The van der Waals surface area contributed by atoms with E-state index in [0.29, 0.717) is 54.8 Å². The van der Waals surface area contributed by atoms with E-state index < -0.39 is 23.1 Å². The van der Waals surface area contributed by atoms with Crippen LogP contribution in [-0.2, 0) is 9.59 Å². The number of aliphatic hydroxyl groups is 2. The Labute approximate surface area is 312 Å². The molecule has 0 saturated carbocycles. The van der Waals surface area contributed by atoms with Gasteiger partial charge < -0.3 is 31.1 Å². The first-order chi connectivity index (χ1) is 24.6. The number of carbonyl (C=O) groups excluding carboxylic acids is 2. The lowest BCUT2D eigenvalue weighted by atomic mass is 9.75. The van der Waals surface area contributed by atoms with Crippen molar-refractivity contribution in [2.45, 2.75) is 41.5 Å². The van der Waals surface area contributed by atoms with Gasteiger partial charge in [-0.15, -0.1) is 0 Å². The third kappa shape index (κ3) is 6.02. The summed E-state index contributed by atoms with van der Waals surface area (Å²) in [5, 5.41) is 53.9. The number of para-hydroxylation sites is 2. The number of nitrogens with one attached hydrogen (secondary N) is 2. The number of hydrogen-bond donors (Lipinski definition) is 6. The molecule has 0 bridgehead atoms. The molecule has 2 aliphatic rings. The van der Waals surface area contributed by atoms with Gasteiger partial charge in [-0.25, -0.2) is 0 Å². The molecule has 0 heterocycles. The molecule has 0 atom stereocenters. The number of allylic oxidation sites excluding steroid dienone is 4. The number of benzene rings is 4. The Morgan fingerprint density at radius 2 is 0.923 bits per heavy atom. The van der Waals surface area contributed by atoms with Crippen molar-refractivity contribution in [2.75, 3.05) is 10.6 Å². The minimum absolute atomic E-state index is 0.0136. The number of anilines is 2. The van der Waals surface area contributed by atoms with Gasteiger partial charge in [0.15, 0.2) is 11.5 Å². The Hall–Kier alpha value is -5.44. The van der Waals surface area contributed by atoms with Crippen LogP contribution in [0.1, 0.15) is 61.1 Å². The highest BCUT2D eigenvalue weighted by molar-refractivity contribution is 6.36. The molecule has 0 unspecified atom stereocenters. The zero-order valence-corrected chi connectivity index (χ0v) is 31.0. The summed E-state index contributed by atoms with van der Waals surface area (Å²) in [5.41, 5.74) is 4.51. The monoisotopic (exact) mass is 736 g/mol. The Kier molecular flexibility index (Phi) is 9.75. The Morgan fingerprint density at radius 1 is 0.577 bits per heavy atom. The fourth-order valence-corrected chi connectivity index (χ4v) is 7.46. The normalized spacial score (nSPS) is 16.0. The van der Waals surface area contributed by atoms with E-state index in [4.69, 9.17) is 23.2 Å². The van der Waals surface area contributed by atoms with Crippen molar-refractivity contribution < 1.29 is 30.0 Å². The van der Waals surface area contributed by atoms with Crippen LogP contribution in [0.25, 0.3) is 33.4 Å². The van der Waals surface area contributed by atoms with Crippen LogP contribution < -0.4 is 10.6 Å². The second kappa shape index (κ2) is 13.9. The highest BCUT2D eigenvalue weighted by Gasteiger charge is 2.38. The van der Waals surface area contributed by atoms with Crippen LogP contribution in [0, 0.1) is 25.7 Å². The molecule has 266 valence electrons. The van der Waals surface area contributed by atoms with E-state index in [2.05, 4.69) is 10.6 Å². The predicted octanol–water partition coefficient (Wildman–Crippen LogP) is 10.6. The SMILES string of the molecule is Cc1cc2c(c(O)c1-c1c(C)cc3c(c1O)C(=CNc1ccccc1Cl)C(=O)C(O)=C3C(C)C)C(=CNc1ccccc1Cl)C(=O)C(O)=C2C(C)C. The van der Waals surface area contributed by atoms with Gasteiger partial charge in [-0.1, -0.05) is 87.3 Å². The van der Waals surface area contributed by atoms with Crippen LogP contribution >= 0.6 is 23.2 Å². The van der Waals surface area contributed by atoms with Crippen LogP contribution in [0.15, 0.2) is 84.6 Å². The Bertz CT molecular complexity index is 2170. The number of rotatable bonds is 7. The largest absolute Gasteiger partial charge is 0.507 e. The first-order valence-electron chi connectivity index (χ1n) is 16.8. The maximum Gasteiger partial charge on any atom is 0.229 e. The van der Waals surface area contributed by atoms with E-state index in [0.717, 1.165) is 0 Å². The van der Waals surface area contributed by atoms with E-state index in [1.54, 1.807) is 74.5 Å². The van der Waals surface area contributed by atoms with Gasteiger partial charge in [-0.05, 0) is 72.2 Å². The maximum absolute atomic E-state index is 13.8. The van der Waals surface area contributed by atoms with E-state index in [9.17, 15) is 30.0 Å². The summed E-state index contributed by atoms with van der Waals surface area (Å²) >= 11 is 12.8. The molecule has 10 heteroatoms. The number of Topliss-reactive ketones (excluding diaryl/α,β-unsaturated/α-hetero) is 2. The molecule has 0 saturated heterocycles. The molecular weight excluding hydrogens is 699 g/mol. The Morgan fingerprint density at radius 3 is 1.25 bits per heavy atom. The van der Waals surface area contributed by atoms with Crippen molar-refractivity contribution in [2.24, 2.45) is 11.8 Å². The van der Waals surface area contributed by atoms with Gasteiger partial charge >= 0.3 is 0 Å². The van der Waals surface area contributed by atoms with Gasteiger partial charge in [0.2, 0.25) is 11.6 Å². The molecular formula is C42H38Cl2N2O6. The van der Waals surface area contributed by atoms with Gasteiger partial charge in [0.25, 0.3) is 0 Å². The summed E-state index contributed by atoms with van der Waals surface area (Å²) in [4.78, 5) is 27.7. The number of aryl methyl sites for hydroxylation is 2. The number of carbonyl (C=O) groups is 2. The molecule has 0 aromatic heterocycles. The average molecular weight is 738 g/mol. The van der Waals surface area contributed by atoms with Crippen molar-refractivity contribution in [3.05, 3.63) is 128 Å². The first kappa shape index (κ1) is 36.4. The molecule has 4 aromatic rings. The predicted molar refractivity (Wildman–Crippen MR) is 210 cm³/mol. The molecule has 4 aromatic carbocycles. The summed E-state index contributed by atoms with van der Waals surface area (Å²) < 4.78 is 0. The van der Waals surface area contributed by atoms with Crippen molar-refractivity contribution in [1.82, 2.24) is 0 Å². The molecule has 2 aliphatic carbocycles. The zero-order chi connectivity index (χ0) is 37.8. The highest BCUT2D eigenvalue weighted by Crippen LogP contribution is 2.53. The average Bonchev–Trinajstić information content (AvgIpc) is 3.08. The number of ketones is 2. The number of aromatic hydroxyl groups is 2. The van der Waals surface area contributed by atoms with Crippen molar-refractivity contribution in [1.29, 1.82) is 0 Å². The topological polar surface area (TPSA) is 139 Å².